The van der Waals surface area contributed by atoms with Gasteiger partial charge in [0.15, 0.2) is 0 Å². The summed E-state index contributed by atoms with van der Waals surface area (Å²) < 4.78 is 0. The lowest BCUT2D eigenvalue weighted by Crippen LogP contribution is -2.55. The SMILES string of the molecule is CC(C)CCC[C@@H](C)[C@@H]1CC[C@@H]2[C@H]3CC[C@H]4C[C@](O)(C#Cc5ccccc5)CC[C@]4(C)[C@@H]3CC[C@@]21C. The summed E-state index contributed by atoms with van der Waals surface area (Å²) in [5.41, 5.74) is 1.17. The summed E-state index contributed by atoms with van der Waals surface area (Å²) >= 11 is 0. The van der Waals surface area contributed by atoms with E-state index in [1.807, 2.05) is 30.3 Å². The van der Waals surface area contributed by atoms with Gasteiger partial charge in [-0.15, -0.1) is 0 Å². The van der Waals surface area contributed by atoms with Gasteiger partial charge in [0.2, 0.25) is 0 Å². The van der Waals surface area contributed by atoms with Crippen LogP contribution in [0.4, 0.5) is 0 Å². The van der Waals surface area contributed by atoms with Gasteiger partial charge in [0.1, 0.15) is 5.60 Å². The molecule has 0 saturated heterocycles. The van der Waals surface area contributed by atoms with Gasteiger partial charge in [-0.05, 0) is 122 Å². The van der Waals surface area contributed by atoms with Crippen LogP contribution in [0.5, 0.6) is 0 Å². The highest BCUT2D eigenvalue weighted by atomic mass is 16.3. The Morgan fingerprint density at radius 3 is 2.36 bits per heavy atom. The molecule has 1 aromatic rings. The zero-order valence-electron chi connectivity index (χ0n) is 23.9. The third-order valence-electron chi connectivity index (χ3n) is 12.1. The highest BCUT2D eigenvalue weighted by Gasteiger charge is 2.61. The van der Waals surface area contributed by atoms with Gasteiger partial charge in [0, 0.05) is 5.56 Å². The molecule has 0 unspecified atom stereocenters. The molecule has 4 aliphatic carbocycles. The molecule has 4 aliphatic rings. The molecule has 0 radical (unpaired) electrons. The molecule has 4 saturated carbocycles. The monoisotopic (exact) mass is 488 g/mol. The molecule has 0 bridgehead atoms. The lowest BCUT2D eigenvalue weighted by atomic mass is 9.43. The van der Waals surface area contributed by atoms with Crippen molar-refractivity contribution in [2.75, 3.05) is 0 Å². The summed E-state index contributed by atoms with van der Waals surface area (Å²) in [7, 11) is 0. The molecule has 5 rings (SSSR count). The molecule has 9 atom stereocenters. The lowest BCUT2D eigenvalue weighted by molar-refractivity contribution is -0.140. The van der Waals surface area contributed by atoms with Crippen LogP contribution >= 0.6 is 0 Å². The van der Waals surface area contributed by atoms with Crippen LogP contribution in [-0.4, -0.2) is 10.7 Å². The topological polar surface area (TPSA) is 20.2 Å². The van der Waals surface area contributed by atoms with Crippen LogP contribution in [0.2, 0.25) is 0 Å². The normalized spacial score (nSPS) is 42.6. The van der Waals surface area contributed by atoms with E-state index in [9.17, 15) is 5.11 Å². The summed E-state index contributed by atoms with van der Waals surface area (Å²) in [6, 6.07) is 10.2. The molecular formula is C35H52O. The van der Waals surface area contributed by atoms with E-state index in [4.69, 9.17) is 0 Å². The molecule has 0 amide bonds. The Morgan fingerprint density at radius 1 is 0.861 bits per heavy atom. The standard InChI is InChI=1S/C35H52O/c1-25(2)10-9-11-26(3)30-16-17-31-29-15-14-28-24-35(36,21-18-27-12-7-6-8-13-27)23-22-33(28,4)32(29)19-20-34(30,31)5/h6-8,12-13,25-26,28-32,36H,9-11,14-17,19-20,22-24H2,1-5H3/t26-,28+,29-,30+,31-,32-,33+,34-,35+/m1/s1. The molecule has 0 heterocycles. The molecular weight excluding hydrogens is 436 g/mol. The molecule has 1 aromatic carbocycles. The van der Waals surface area contributed by atoms with Gasteiger partial charge in [-0.3, -0.25) is 0 Å². The third kappa shape index (κ3) is 4.82. The Kier molecular flexibility index (Phi) is 7.42. The number of rotatable bonds is 5. The van der Waals surface area contributed by atoms with E-state index in [-0.39, 0.29) is 0 Å². The minimum atomic E-state index is -0.806. The van der Waals surface area contributed by atoms with E-state index in [2.05, 4.69) is 46.5 Å². The van der Waals surface area contributed by atoms with Crippen molar-refractivity contribution in [3.63, 3.8) is 0 Å². The van der Waals surface area contributed by atoms with Crippen molar-refractivity contribution in [3.8, 4) is 11.8 Å². The maximum atomic E-state index is 11.5. The first kappa shape index (κ1) is 26.4. The lowest BCUT2D eigenvalue weighted by Gasteiger charge is -2.62. The fourth-order valence-electron chi connectivity index (χ4n) is 10.1. The van der Waals surface area contributed by atoms with Crippen LogP contribution in [0.15, 0.2) is 30.3 Å². The first-order valence-electron chi connectivity index (χ1n) is 15.5. The third-order valence-corrected chi connectivity index (χ3v) is 12.1. The van der Waals surface area contributed by atoms with Crippen LogP contribution in [0, 0.1) is 64.1 Å². The quantitative estimate of drug-likeness (QED) is 0.410. The highest BCUT2D eigenvalue weighted by Crippen LogP contribution is 2.68. The number of aliphatic hydroxyl groups is 1. The second kappa shape index (κ2) is 10.1. The van der Waals surface area contributed by atoms with Gasteiger partial charge in [0.25, 0.3) is 0 Å². The molecule has 1 heteroatoms. The van der Waals surface area contributed by atoms with E-state index < -0.39 is 5.60 Å². The minimum Gasteiger partial charge on any atom is -0.378 e. The predicted molar refractivity (Wildman–Crippen MR) is 151 cm³/mol. The number of benzene rings is 1. The molecule has 0 aliphatic heterocycles. The fourth-order valence-corrected chi connectivity index (χ4v) is 10.1. The summed E-state index contributed by atoms with van der Waals surface area (Å²) in [6.07, 6.45) is 15.6. The van der Waals surface area contributed by atoms with Crippen LogP contribution < -0.4 is 0 Å². The average Bonchev–Trinajstić information content (AvgIpc) is 3.21. The van der Waals surface area contributed by atoms with E-state index in [0.29, 0.717) is 16.7 Å². The number of fused-ring (bicyclic) bond motifs is 5. The van der Waals surface area contributed by atoms with E-state index in [0.717, 1.165) is 60.3 Å². The van der Waals surface area contributed by atoms with Gasteiger partial charge < -0.3 is 5.11 Å². The summed E-state index contributed by atoms with van der Waals surface area (Å²) in [5.74, 6) is 12.6. The van der Waals surface area contributed by atoms with Gasteiger partial charge in [-0.1, -0.05) is 83.9 Å². The molecule has 1 nitrogen and oxygen atoms in total. The fraction of sp³-hybridized carbons (Fsp3) is 0.771. The van der Waals surface area contributed by atoms with Gasteiger partial charge >= 0.3 is 0 Å². The van der Waals surface area contributed by atoms with Crippen LogP contribution in [0.25, 0.3) is 0 Å². The van der Waals surface area contributed by atoms with Gasteiger partial charge in [-0.25, -0.2) is 0 Å². The van der Waals surface area contributed by atoms with Crippen molar-refractivity contribution in [1.82, 2.24) is 0 Å². The maximum Gasteiger partial charge on any atom is 0.126 e. The van der Waals surface area contributed by atoms with Crippen molar-refractivity contribution in [2.24, 2.45) is 52.3 Å². The number of hydrogen-bond acceptors (Lipinski definition) is 1. The summed E-state index contributed by atoms with van der Waals surface area (Å²) in [6.45, 7) is 12.6. The number of hydrogen-bond donors (Lipinski definition) is 1. The molecule has 1 N–H and O–H groups in total. The first-order valence-corrected chi connectivity index (χ1v) is 15.5. The maximum absolute atomic E-state index is 11.5. The summed E-state index contributed by atoms with van der Waals surface area (Å²) in [5, 5.41) is 11.5. The van der Waals surface area contributed by atoms with Crippen molar-refractivity contribution < 1.29 is 5.11 Å². The Morgan fingerprint density at radius 2 is 1.61 bits per heavy atom. The Hall–Kier alpha value is -1.26. The zero-order chi connectivity index (χ0) is 25.6. The van der Waals surface area contributed by atoms with E-state index >= 15 is 0 Å². The smallest absolute Gasteiger partial charge is 0.126 e. The first-order chi connectivity index (χ1) is 17.1. The zero-order valence-corrected chi connectivity index (χ0v) is 23.9. The molecule has 198 valence electrons. The van der Waals surface area contributed by atoms with Crippen molar-refractivity contribution in [3.05, 3.63) is 35.9 Å². The second-order valence-electron chi connectivity index (χ2n) is 14.5. The predicted octanol–water partition coefficient (Wildman–Crippen LogP) is 8.89. The van der Waals surface area contributed by atoms with Crippen LogP contribution in [0.3, 0.4) is 0 Å². The molecule has 4 fully saturated rings. The van der Waals surface area contributed by atoms with E-state index in [1.54, 1.807) is 0 Å². The molecule has 0 aromatic heterocycles. The Bertz CT molecular complexity index is 954. The Balaban J connectivity index is 1.27. The molecule has 0 spiro atoms. The van der Waals surface area contributed by atoms with Gasteiger partial charge in [-0.2, -0.15) is 0 Å². The largest absolute Gasteiger partial charge is 0.378 e. The average molecular weight is 489 g/mol. The van der Waals surface area contributed by atoms with Crippen LogP contribution in [0.1, 0.15) is 117 Å². The van der Waals surface area contributed by atoms with Crippen molar-refractivity contribution in [1.29, 1.82) is 0 Å². The Labute approximate surface area is 222 Å². The molecule has 36 heavy (non-hydrogen) atoms. The van der Waals surface area contributed by atoms with Crippen molar-refractivity contribution in [2.45, 2.75) is 117 Å². The summed E-state index contributed by atoms with van der Waals surface area (Å²) in [4.78, 5) is 0. The van der Waals surface area contributed by atoms with E-state index in [1.165, 1.54) is 57.8 Å². The van der Waals surface area contributed by atoms with Crippen LogP contribution in [-0.2, 0) is 0 Å². The second-order valence-corrected chi connectivity index (χ2v) is 14.5. The van der Waals surface area contributed by atoms with Gasteiger partial charge in [0.05, 0.1) is 0 Å². The minimum absolute atomic E-state index is 0.395. The van der Waals surface area contributed by atoms with Crippen molar-refractivity contribution >= 4 is 0 Å². The highest BCUT2D eigenvalue weighted by molar-refractivity contribution is 5.36.